The molecule has 1 amide bonds. The van der Waals surface area contributed by atoms with Crippen LogP contribution in [0.1, 0.15) is 30.7 Å². The maximum atomic E-state index is 12.5. The van der Waals surface area contributed by atoms with Gasteiger partial charge in [-0.3, -0.25) is 9.69 Å². The molecule has 0 saturated carbocycles. The Labute approximate surface area is 208 Å². The van der Waals surface area contributed by atoms with E-state index in [1.165, 1.54) is 5.56 Å². The average Bonchev–Trinajstić information content (AvgIpc) is 3.26. The number of piperidine rings is 1. The molecule has 0 bridgehead atoms. The van der Waals surface area contributed by atoms with Crippen LogP contribution in [-0.2, 0) is 17.8 Å². The average molecular weight is 508 g/mol. The van der Waals surface area contributed by atoms with Gasteiger partial charge in [0.05, 0.1) is 11.6 Å². The predicted octanol–water partition coefficient (Wildman–Crippen LogP) is 5.66. The van der Waals surface area contributed by atoms with Gasteiger partial charge in [-0.1, -0.05) is 52.1 Å². The third kappa shape index (κ3) is 6.70. The highest BCUT2D eigenvalue weighted by molar-refractivity contribution is 6.36. The highest BCUT2D eigenvalue weighted by Crippen LogP contribution is 2.28. The standard InChI is InChI=1S/C24H25Cl3N4O2/c25-18-5-3-16(4-6-18)2-1-11-28-24(32)17-9-12-31(13-10-17)15-22-29-23(30-33-22)20-8-7-19(26)14-21(20)27/h3-8,14,17H,1-2,9-13,15H2,(H,28,32). The van der Waals surface area contributed by atoms with Crippen molar-refractivity contribution in [3.8, 4) is 11.4 Å². The van der Waals surface area contributed by atoms with Gasteiger partial charge in [0.15, 0.2) is 0 Å². The van der Waals surface area contributed by atoms with Crippen LogP contribution < -0.4 is 5.32 Å². The summed E-state index contributed by atoms with van der Waals surface area (Å²) in [6, 6.07) is 13.0. The molecule has 3 aromatic rings. The molecule has 1 fully saturated rings. The molecule has 6 nitrogen and oxygen atoms in total. The van der Waals surface area contributed by atoms with E-state index in [4.69, 9.17) is 39.3 Å². The molecule has 1 aliphatic rings. The molecule has 1 aliphatic heterocycles. The molecule has 1 N–H and O–H groups in total. The number of nitrogens with one attached hydrogen (secondary N) is 1. The minimum atomic E-state index is 0.0444. The lowest BCUT2D eigenvalue weighted by atomic mass is 9.96. The summed E-state index contributed by atoms with van der Waals surface area (Å²) >= 11 is 18.1. The molecule has 2 aromatic carbocycles. The van der Waals surface area contributed by atoms with Gasteiger partial charge in [0.25, 0.3) is 0 Å². The molecule has 2 heterocycles. The van der Waals surface area contributed by atoms with E-state index in [1.54, 1.807) is 18.2 Å². The van der Waals surface area contributed by atoms with Crippen LogP contribution in [0.4, 0.5) is 0 Å². The Hall–Kier alpha value is -2.12. The molecule has 0 unspecified atom stereocenters. The van der Waals surface area contributed by atoms with Crippen LogP contribution in [0.5, 0.6) is 0 Å². The minimum absolute atomic E-state index is 0.0444. The van der Waals surface area contributed by atoms with Crippen LogP contribution in [0.2, 0.25) is 15.1 Å². The van der Waals surface area contributed by atoms with E-state index in [2.05, 4.69) is 20.4 Å². The molecule has 1 saturated heterocycles. The van der Waals surface area contributed by atoms with Crippen LogP contribution in [0.25, 0.3) is 11.4 Å². The molecule has 0 radical (unpaired) electrons. The Morgan fingerprint density at radius 3 is 2.52 bits per heavy atom. The van der Waals surface area contributed by atoms with E-state index in [0.29, 0.717) is 40.4 Å². The van der Waals surface area contributed by atoms with Crippen LogP contribution >= 0.6 is 34.8 Å². The second-order valence-electron chi connectivity index (χ2n) is 8.21. The lowest BCUT2D eigenvalue weighted by Crippen LogP contribution is -2.40. The molecule has 174 valence electrons. The normalized spacial score (nSPS) is 15.0. The van der Waals surface area contributed by atoms with Gasteiger partial charge in [-0.25, -0.2) is 0 Å². The summed E-state index contributed by atoms with van der Waals surface area (Å²) in [5.41, 5.74) is 1.91. The quantitative estimate of drug-likeness (QED) is 0.399. The van der Waals surface area contributed by atoms with Crippen LogP contribution in [0, 0.1) is 5.92 Å². The van der Waals surface area contributed by atoms with E-state index in [-0.39, 0.29) is 11.8 Å². The van der Waals surface area contributed by atoms with Crippen LogP contribution in [0.15, 0.2) is 47.0 Å². The monoisotopic (exact) mass is 506 g/mol. The summed E-state index contributed by atoms with van der Waals surface area (Å²) in [6.45, 7) is 2.85. The number of likely N-dealkylation sites (tertiary alicyclic amines) is 1. The number of amides is 1. The third-order valence-electron chi connectivity index (χ3n) is 5.81. The van der Waals surface area contributed by atoms with Gasteiger partial charge in [-0.15, -0.1) is 0 Å². The van der Waals surface area contributed by atoms with Crippen LogP contribution in [0.3, 0.4) is 0 Å². The van der Waals surface area contributed by atoms with Gasteiger partial charge in [-0.05, 0) is 74.7 Å². The van der Waals surface area contributed by atoms with E-state index < -0.39 is 0 Å². The number of halogens is 3. The number of carbonyl (C=O) groups excluding carboxylic acids is 1. The first-order valence-corrected chi connectivity index (χ1v) is 12.1. The van der Waals surface area contributed by atoms with Crippen molar-refractivity contribution in [1.82, 2.24) is 20.4 Å². The number of carbonyl (C=O) groups is 1. The zero-order valence-electron chi connectivity index (χ0n) is 18.1. The van der Waals surface area contributed by atoms with Gasteiger partial charge in [0.2, 0.25) is 17.6 Å². The fourth-order valence-electron chi connectivity index (χ4n) is 3.94. The number of aromatic nitrogens is 2. The Kier molecular flexibility index (Phi) is 8.25. The molecular weight excluding hydrogens is 483 g/mol. The molecule has 0 aliphatic carbocycles. The second-order valence-corrected chi connectivity index (χ2v) is 9.49. The number of rotatable bonds is 8. The predicted molar refractivity (Wildman–Crippen MR) is 131 cm³/mol. The Bertz CT molecular complexity index is 1080. The van der Waals surface area contributed by atoms with Crippen molar-refractivity contribution in [3.63, 3.8) is 0 Å². The summed E-state index contributed by atoms with van der Waals surface area (Å²) in [5.74, 6) is 1.16. The maximum Gasteiger partial charge on any atom is 0.241 e. The smallest absolute Gasteiger partial charge is 0.241 e. The van der Waals surface area contributed by atoms with E-state index in [0.717, 1.165) is 43.8 Å². The van der Waals surface area contributed by atoms with E-state index in [1.807, 2.05) is 24.3 Å². The Balaban J connectivity index is 1.18. The lowest BCUT2D eigenvalue weighted by molar-refractivity contribution is -0.126. The van der Waals surface area contributed by atoms with Crippen molar-refractivity contribution in [2.24, 2.45) is 5.92 Å². The minimum Gasteiger partial charge on any atom is -0.356 e. The molecule has 1 aromatic heterocycles. The molecule has 0 spiro atoms. The number of hydrogen-bond acceptors (Lipinski definition) is 5. The van der Waals surface area contributed by atoms with Crippen LogP contribution in [-0.4, -0.2) is 40.6 Å². The molecular formula is C24H25Cl3N4O2. The molecule has 4 rings (SSSR count). The fourth-order valence-corrected chi connectivity index (χ4v) is 4.56. The van der Waals surface area contributed by atoms with Gasteiger partial charge in [0.1, 0.15) is 0 Å². The first-order chi connectivity index (χ1) is 16.0. The number of benzene rings is 2. The number of aryl methyl sites for hydroxylation is 1. The second kappa shape index (κ2) is 11.3. The summed E-state index contributed by atoms with van der Waals surface area (Å²) in [7, 11) is 0. The first-order valence-electron chi connectivity index (χ1n) is 11.0. The third-order valence-corrected chi connectivity index (χ3v) is 6.61. The van der Waals surface area contributed by atoms with Gasteiger partial charge in [-0.2, -0.15) is 4.98 Å². The fraction of sp³-hybridized carbons (Fsp3) is 0.375. The number of nitrogens with zero attached hydrogens (tertiary/aromatic N) is 3. The van der Waals surface area contributed by atoms with Crippen molar-refractivity contribution in [2.75, 3.05) is 19.6 Å². The highest BCUT2D eigenvalue weighted by atomic mass is 35.5. The summed E-state index contributed by atoms with van der Waals surface area (Å²) in [6.07, 6.45) is 3.45. The lowest BCUT2D eigenvalue weighted by Gasteiger charge is -2.30. The van der Waals surface area contributed by atoms with Crippen molar-refractivity contribution < 1.29 is 9.32 Å². The van der Waals surface area contributed by atoms with Crippen molar-refractivity contribution in [2.45, 2.75) is 32.2 Å². The highest BCUT2D eigenvalue weighted by Gasteiger charge is 2.26. The maximum absolute atomic E-state index is 12.5. The first kappa shape index (κ1) is 24.0. The summed E-state index contributed by atoms with van der Waals surface area (Å²) < 4.78 is 5.41. The van der Waals surface area contributed by atoms with Gasteiger partial charge >= 0.3 is 0 Å². The van der Waals surface area contributed by atoms with Crippen molar-refractivity contribution >= 4 is 40.7 Å². The van der Waals surface area contributed by atoms with E-state index in [9.17, 15) is 4.79 Å². The molecule has 9 heteroatoms. The summed E-state index contributed by atoms with van der Waals surface area (Å²) in [5, 5.41) is 8.90. The molecule has 33 heavy (non-hydrogen) atoms. The van der Waals surface area contributed by atoms with Gasteiger partial charge < -0.3 is 9.84 Å². The van der Waals surface area contributed by atoms with Crippen molar-refractivity contribution in [1.29, 1.82) is 0 Å². The largest absolute Gasteiger partial charge is 0.356 e. The van der Waals surface area contributed by atoms with Crippen molar-refractivity contribution in [3.05, 3.63) is 69.0 Å². The zero-order chi connectivity index (χ0) is 23.2. The van der Waals surface area contributed by atoms with E-state index >= 15 is 0 Å². The number of hydrogen-bond donors (Lipinski definition) is 1. The molecule has 0 atom stereocenters. The summed E-state index contributed by atoms with van der Waals surface area (Å²) in [4.78, 5) is 19.2. The van der Waals surface area contributed by atoms with Gasteiger partial charge in [0, 0.05) is 28.1 Å². The Morgan fingerprint density at radius 1 is 1.06 bits per heavy atom. The Morgan fingerprint density at radius 2 is 1.79 bits per heavy atom. The SMILES string of the molecule is O=C(NCCCc1ccc(Cl)cc1)C1CCN(Cc2nc(-c3ccc(Cl)cc3Cl)no2)CC1. The topological polar surface area (TPSA) is 71.3 Å². The zero-order valence-corrected chi connectivity index (χ0v) is 20.3.